The van der Waals surface area contributed by atoms with Crippen LogP contribution in [0.3, 0.4) is 0 Å². The molecule has 0 N–H and O–H groups in total. The van der Waals surface area contributed by atoms with Gasteiger partial charge in [0.1, 0.15) is 5.78 Å². The molecule has 174 valence electrons. The van der Waals surface area contributed by atoms with E-state index in [-0.39, 0.29) is 12.1 Å². The van der Waals surface area contributed by atoms with Crippen molar-refractivity contribution in [3.05, 3.63) is 12.2 Å². The summed E-state index contributed by atoms with van der Waals surface area (Å²) in [5, 5.41) is 0. The van der Waals surface area contributed by atoms with E-state index in [9.17, 15) is 9.59 Å². The van der Waals surface area contributed by atoms with Crippen molar-refractivity contribution in [3.63, 3.8) is 0 Å². The maximum Gasteiger partial charge on any atom is 0.306 e. The largest absolute Gasteiger partial charge is 0.463 e. The van der Waals surface area contributed by atoms with Crippen LogP contribution in [0.2, 0.25) is 0 Å². The molecule has 0 aromatic rings. The van der Waals surface area contributed by atoms with E-state index < -0.39 is 0 Å². The lowest BCUT2D eigenvalue weighted by Crippen LogP contribution is -2.17. The summed E-state index contributed by atoms with van der Waals surface area (Å²) in [5.74, 6) is 3.21. The van der Waals surface area contributed by atoms with Gasteiger partial charge in [0.05, 0.1) is 6.10 Å². The minimum absolute atomic E-state index is 0.0243. The third kappa shape index (κ3) is 11.3. The molecule has 30 heavy (non-hydrogen) atoms. The van der Waals surface area contributed by atoms with Gasteiger partial charge < -0.3 is 4.74 Å². The standard InChI is InChI=1S/C27H48O3/c1-6-7-8-9-12-15-24(28)18-19-26-23(5)20-22(4)25(26)16-13-10-11-14-17-27(29)30-21(2)3/h10,13,21-23,25-26H,6-9,11-12,14-20H2,1-5H3/b13-10-/t22-,23+,25?,26-/m0/s1. The Hall–Kier alpha value is -1.12. The summed E-state index contributed by atoms with van der Waals surface area (Å²) in [6.45, 7) is 10.8. The van der Waals surface area contributed by atoms with Crippen molar-refractivity contribution in [1.82, 2.24) is 0 Å². The molecule has 0 radical (unpaired) electrons. The first-order valence-electron chi connectivity index (χ1n) is 12.7. The van der Waals surface area contributed by atoms with Gasteiger partial charge >= 0.3 is 5.97 Å². The number of hydrogen-bond donors (Lipinski definition) is 0. The van der Waals surface area contributed by atoms with E-state index in [0.29, 0.717) is 24.0 Å². The van der Waals surface area contributed by atoms with Crippen LogP contribution in [0.15, 0.2) is 12.2 Å². The number of rotatable bonds is 16. The number of unbranched alkanes of at least 4 members (excludes halogenated alkanes) is 5. The predicted molar refractivity (Wildman–Crippen MR) is 126 cm³/mol. The molecule has 1 unspecified atom stereocenters. The Labute approximate surface area is 186 Å². The number of allylic oxidation sites excluding steroid dienone is 2. The summed E-state index contributed by atoms with van der Waals surface area (Å²) >= 11 is 0. The molecule has 4 atom stereocenters. The highest BCUT2D eigenvalue weighted by atomic mass is 16.5. The Morgan fingerprint density at radius 3 is 2.30 bits per heavy atom. The van der Waals surface area contributed by atoms with Gasteiger partial charge in [-0.1, -0.05) is 58.6 Å². The molecule has 0 amide bonds. The zero-order valence-electron chi connectivity index (χ0n) is 20.5. The van der Waals surface area contributed by atoms with Gasteiger partial charge in [-0.25, -0.2) is 0 Å². The monoisotopic (exact) mass is 420 g/mol. The Bertz CT molecular complexity index is 508. The van der Waals surface area contributed by atoms with Crippen LogP contribution < -0.4 is 0 Å². The van der Waals surface area contributed by atoms with Crippen LogP contribution in [0.5, 0.6) is 0 Å². The zero-order valence-corrected chi connectivity index (χ0v) is 20.5. The molecular weight excluding hydrogens is 372 g/mol. The molecule has 1 aliphatic rings. The van der Waals surface area contributed by atoms with Crippen LogP contribution in [0, 0.1) is 23.7 Å². The van der Waals surface area contributed by atoms with Crippen LogP contribution in [0.25, 0.3) is 0 Å². The number of carbonyl (C=O) groups is 2. The molecule has 0 heterocycles. The molecule has 0 aromatic carbocycles. The molecule has 1 fully saturated rings. The second-order valence-electron chi connectivity index (χ2n) is 9.90. The van der Waals surface area contributed by atoms with E-state index in [0.717, 1.165) is 56.8 Å². The Morgan fingerprint density at radius 2 is 1.60 bits per heavy atom. The van der Waals surface area contributed by atoms with Gasteiger partial charge in [-0.3, -0.25) is 9.59 Å². The van der Waals surface area contributed by atoms with Crippen molar-refractivity contribution in [1.29, 1.82) is 0 Å². The zero-order chi connectivity index (χ0) is 22.4. The summed E-state index contributed by atoms with van der Waals surface area (Å²) in [5.41, 5.74) is 0. The minimum Gasteiger partial charge on any atom is -0.463 e. The second kappa shape index (κ2) is 15.6. The molecule has 0 aliphatic heterocycles. The quantitative estimate of drug-likeness (QED) is 0.146. The molecule has 3 heteroatoms. The fourth-order valence-corrected chi connectivity index (χ4v) is 5.12. The molecule has 3 nitrogen and oxygen atoms in total. The van der Waals surface area contributed by atoms with Crippen molar-refractivity contribution in [3.8, 4) is 0 Å². The van der Waals surface area contributed by atoms with Crippen LogP contribution in [-0.2, 0) is 14.3 Å². The summed E-state index contributed by atoms with van der Waals surface area (Å²) in [4.78, 5) is 23.9. The smallest absolute Gasteiger partial charge is 0.306 e. The van der Waals surface area contributed by atoms with Crippen LogP contribution in [0.4, 0.5) is 0 Å². The topological polar surface area (TPSA) is 43.4 Å². The second-order valence-corrected chi connectivity index (χ2v) is 9.90. The van der Waals surface area contributed by atoms with Crippen molar-refractivity contribution >= 4 is 11.8 Å². The number of carbonyl (C=O) groups excluding carboxylic acids is 2. The van der Waals surface area contributed by atoms with Gasteiger partial charge in [-0.15, -0.1) is 0 Å². The normalized spacial score (nSPS) is 24.1. The highest BCUT2D eigenvalue weighted by Crippen LogP contribution is 2.45. The van der Waals surface area contributed by atoms with Crippen LogP contribution in [-0.4, -0.2) is 17.9 Å². The molecule has 0 spiro atoms. The lowest BCUT2D eigenvalue weighted by molar-refractivity contribution is -0.147. The third-order valence-corrected chi connectivity index (χ3v) is 6.76. The van der Waals surface area contributed by atoms with Crippen LogP contribution >= 0.6 is 0 Å². The average Bonchev–Trinajstić information content (AvgIpc) is 2.94. The molecule has 1 saturated carbocycles. The van der Waals surface area contributed by atoms with E-state index in [2.05, 4.69) is 32.9 Å². The molecule has 1 rings (SSSR count). The van der Waals surface area contributed by atoms with Gasteiger partial charge in [0.15, 0.2) is 0 Å². The Balaban J connectivity index is 2.30. The van der Waals surface area contributed by atoms with Gasteiger partial charge in [0, 0.05) is 19.3 Å². The lowest BCUT2D eigenvalue weighted by Gasteiger charge is -2.23. The number of Topliss-reactive ketones (excluding diaryl/α,β-unsaturated/α-hetero) is 1. The van der Waals surface area contributed by atoms with Crippen LogP contribution in [0.1, 0.15) is 118 Å². The summed E-state index contributed by atoms with van der Waals surface area (Å²) in [6, 6.07) is 0. The van der Waals surface area contributed by atoms with Gasteiger partial charge in [0.2, 0.25) is 0 Å². The molecule has 0 bridgehead atoms. The number of ether oxygens (including phenoxy) is 1. The average molecular weight is 421 g/mol. The molecular formula is C27H48O3. The summed E-state index contributed by atoms with van der Waals surface area (Å²) in [7, 11) is 0. The number of ketones is 1. The van der Waals surface area contributed by atoms with Crippen molar-refractivity contribution < 1.29 is 14.3 Å². The maximum absolute atomic E-state index is 12.3. The third-order valence-electron chi connectivity index (χ3n) is 6.76. The summed E-state index contributed by atoms with van der Waals surface area (Å²) < 4.78 is 5.18. The van der Waals surface area contributed by atoms with Gasteiger partial charge in [-0.2, -0.15) is 0 Å². The first kappa shape index (κ1) is 26.9. The van der Waals surface area contributed by atoms with E-state index >= 15 is 0 Å². The van der Waals surface area contributed by atoms with E-state index in [1.165, 1.54) is 32.1 Å². The highest BCUT2D eigenvalue weighted by Gasteiger charge is 2.37. The molecule has 0 aromatic heterocycles. The Morgan fingerprint density at radius 1 is 0.900 bits per heavy atom. The maximum atomic E-state index is 12.3. The van der Waals surface area contributed by atoms with Crippen molar-refractivity contribution in [2.45, 2.75) is 124 Å². The number of hydrogen-bond acceptors (Lipinski definition) is 3. The summed E-state index contributed by atoms with van der Waals surface area (Å²) in [6.07, 6.45) is 17.9. The van der Waals surface area contributed by atoms with Crippen molar-refractivity contribution in [2.75, 3.05) is 0 Å². The first-order chi connectivity index (χ1) is 14.3. The fraction of sp³-hybridized carbons (Fsp3) is 0.852. The fourth-order valence-electron chi connectivity index (χ4n) is 5.12. The number of esters is 1. The predicted octanol–water partition coefficient (Wildman–Crippen LogP) is 7.67. The van der Waals surface area contributed by atoms with E-state index in [4.69, 9.17) is 4.74 Å². The Kier molecular flexibility index (Phi) is 14.0. The van der Waals surface area contributed by atoms with Gasteiger partial charge in [-0.05, 0) is 76.0 Å². The van der Waals surface area contributed by atoms with E-state index in [1.54, 1.807) is 0 Å². The lowest BCUT2D eigenvalue weighted by atomic mass is 9.81. The SMILES string of the molecule is CCCCCCCC(=O)CC[C@@H]1C(C/C=C\CCCC(=O)OC(C)C)[C@@H](C)C[C@H]1C. The minimum atomic E-state index is -0.0910. The van der Waals surface area contributed by atoms with Gasteiger partial charge in [0.25, 0.3) is 0 Å². The van der Waals surface area contributed by atoms with Crippen molar-refractivity contribution in [2.24, 2.45) is 23.7 Å². The molecule has 1 aliphatic carbocycles. The molecule has 0 saturated heterocycles. The first-order valence-corrected chi connectivity index (χ1v) is 12.7. The van der Waals surface area contributed by atoms with E-state index in [1.807, 2.05) is 13.8 Å². The highest BCUT2D eigenvalue weighted by molar-refractivity contribution is 5.78.